The highest BCUT2D eigenvalue weighted by Gasteiger charge is 2.51. The number of hydrogen-bond acceptors (Lipinski definition) is 4. The molecule has 1 N–H and O–H groups in total. The zero-order valence-electron chi connectivity index (χ0n) is 29.5. The molecule has 0 aromatic heterocycles. The number of alkyl halides is 3. The minimum atomic E-state index is -4.54. The van der Waals surface area contributed by atoms with E-state index in [0.717, 1.165) is 39.1 Å². The standard InChI is InChI=1S/C14H23N.C13H27NO.C8H15F3O/c1-14(2,3)11-13(15(4)5)12-9-7-6-8-10-12;1-11(2)12(10-13(3,4)5)14-6-8-15-9-7-14;1-6(2,3)5-7(4,12)8(9,10)11/h6-10,13H,11H2,1-5H3;11-12H,6-10H2,1-5H3;12H,5H2,1-4H3. The lowest BCUT2D eigenvalue weighted by Gasteiger charge is -2.40. The third kappa shape index (κ3) is 17.8. The van der Waals surface area contributed by atoms with Gasteiger partial charge in [-0.05, 0) is 68.0 Å². The maximum absolute atomic E-state index is 12.1. The van der Waals surface area contributed by atoms with Crippen LogP contribution in [0.25, 0.3) is 0 Å². The molecular formula is C35H65F3N2O2. The molecule has 0 saturated carbocycles. The molecule has 0 aliphatic carbocycles. The Balaban J connectivity index is 0.000000606. The summed E-state index contributed by atoms with van der Waals surface area (Å²) in [5.41, 5.74) is -0.903. The molecule has 1 aliphatic rings. The molecule has 3 atom stereocenters. The van der Waals surface area contributed by atoms with Crippen molar-refractivity contribution in [2.75, 3.05) is 40.4 Å². The Morgan fingerprint density at radius 3 is 1.55 bits per heavy atom. The Labute approximate surface area is 257 Å². The van der Waals surface area contributed by atoms with Gasteiger partial charge in [0.25, 0.3) is 0 Å². The lowest BCUT2D eigenvalue weighted by Crippen LogP contribution is -2.47. The molecule has 1 aromatic carbocycles. The summed E-state index contributed by atoms with van der Waals surface area (Å²) in [6.07, 6.45) is -2.36. The minimum Gasteiger partial charge on any atom is -0.381 e. The van der Waals surface area contributed by atoms with Crippen LogP contribution in [0.2, 0.25) is 0 Å². The second-order valence-electron chi connectivity index (χ2n) is 16.4. The molecule has 1 aromatic rings. The van der Waals surface area contributed by atoms with E-state index >= 15 is 0 Å². The third-order valence-corrected chi connectivity index (χ3v) is 7.20. The van der Waals surface area contributed by atoms with Crippen molar-refractivity contribution in [2.45, 2.75) is 126 Å². The van der Waals surface area contributed by atoms with E-state index in [1.54, 1.807) is 20.8 Å². The van der Waals surface area contributed by atoms with Crippen LogP contribution in [0.3, 0.4) is 0 Å². The fourth-order valence-electron chi connectivity index (χ4n) is 5.31. The van der Waals surface area contributed by atoms with Crippen molar-refractivity contribution in [3.05, 3.63) is 35.9 Å². The fourth-order valence-corrected chi connectivity index (χ4v) is 5.31. The van der Waals surface area contributed by atoms with Crippen LogP contribution in [0, 0.1) is 22.2 Å². The minimum absolute atomic E-state index is 0.288. The summed E-state index contributed by atoms with van der Waals surface area (Å²) in [4.78, 5) is 4.92. The lowest BCUT2D eigenvalue weighted by molar-refractivity contribution is -0.261. The average molecular weight is 603 g/mol. The molecule has 4 nitrogen and oxygen atoms in total. The molecular weight excluding hydrogens is 537 g/mol. The van der Waals surface area contributed by atoms with Gasteiger partial charge in [-0.3, -0.25) is 4.90 Å². The van der Waals surface area contributed by atoms with Gasteiger partial charge < -0.3 is 14.7 Å². The summed E-state index contributed by atoms with van der Waals surface area (Å²) in [5.74, 6) is 0.738. The SMILES string of the molecule is CC(C)(C)CC(C)(O)C(F)(F)F.CC(C)C(CC(C)(C)C)N1CCOCC1.CN(C)C(CC(C)(C)C)c1ccccc1. The highest BCUT2D eigenvalue weighted by molar-refractivity contribution is 5.19. The number of morpholine rings is 1. The molecule has 1 fully saturated rings. The van der Waals surface area contributed by atoms with Crippen LogP contribution >= 0.6 is 0 Å². The van der Waals surface area contributed by atoms with Gasteiger partial charge in [0.05, 0.1) is 13.2 Å². The Bertz CT molecular complexity index is 842. The van der Waals surface area contributed by atoms with Crippen molar-refractivity contribution in [3.63, 3.8) is 0 Å². The maximum atomic E-state index is 12.1. The van der Waals surface area contributed by atoms with Crippen molar-refractivity contribution in [1.82, 2.24) is 9.80 Å². The van der Waals surface area contributed by atoms with Crippen LogP contribution < -0.4 is 0 Å². The number of hydrogen-bond donors (Lipinski definition) is 1. The second kappa shape index (κ2) is 16.8. The summed E-state index contributed by atoms with van der Waals surface area (Å²) in [6.45, 7) is 28.4. The number of benzene rings is 1. The van der Waals surface area contributed by atoms with Crippen molar-refractivity contribution in [1.29, 1.82) is 0 Å². The van der Waals surface area contributed by atoms with Gasteiger partial charge in [0.1, 0.15) is 0 Å². The molecule has 0 bridgehead atoms. The first kappa shape index (κ1) is 40.9. The smallest absolute Gasteiger partial charge is 0.381 e. The van der Waals surface area contributed by atoms with Crippen LogP contribution in [0.4, 0.5) is 13.2 Å². The van der Waals surface area contributed by atoms with Crippen LogP contribution in [0.15, 0.2) is 30.3 Å². The third-order valence-electron chi connectivity index (χ3n) is 7.20. The van der Waals surface area contributed by atoms with E-state index in [1.807, 2.05) is 0 Å². The van der Waals surface area contributed by atoms with Crippen molar-refractivity contribution in [3.8, 4) is 0 Å². The molecule has 248 valence electrons. The van der Waals surface area contributed by atoms with Gasteiger partial charge in [-0.25, -0.2) is 0 Å². The topological polar surface area (TPSA) is 35.9 Å². The number of rotatable bonds is 7. The van der Waals surface area contributed by atoms with Gasteiger partial charge in [-0.2, -0.15) is 13.2 Å². The number of ether oxygens (including phenoxy) is 1. The maximum Gasteiger partial charge on any atom is 0.416 e. The van der Waals surface area contributed by atoms with Gasteiger partial charge in [-0.15, -0.1) is 0 Å². The molecule has 1 saturated heterocycles. The summed E-state index contributed by atoms with van der Waals surface area (Å²) < 4.78 is 41.8. The van der Waals surface area contributed by atoms with Crippen molar-refractivity contribution in [2.24, 2.45) is 22.2 Å². The van der Waals surface area contributed by atoms with Gasteiger partial charge in [0.15, 0.2) is 5.60 Å². The molecule has 2 rings (SSSR count). The quantitative estimate of drug-likeness (QED) is 0.337. The summed E-state index contributed by atoms with van der Waals surface area (Å²) in [7, 11) is 4.31. The van der Waals surface area contributed by atoms with Crippen molar-refractivity contribution >= 4 is 0 Å². The van der Waals surface area contributed by atoms with Gasteiger partial charge in [0.2, 0.25) is 0 Å². The first-order valence-electron chi connectivity index (χ1n) is 15.6. The lowest BCUT2D eigenvalue weighted by atomic mass is 9.82. The first-order valence-corrected chi connectivity index (χ1v) is 15.6. The van der Waals surface area contributed by atoms with E-state index in [9.17, 15) is 13.2 Å². The fraction of sp³-hybridized carbons (Fsp3) is 0.829. The van der Waals surface area contributed by atoms with E-state index < -0.39 is 17.2 Å². The number of aliphatic hydroxyl groups is 1. The van der Waals surface area contributed by atoms with E-state index in [1.165, 1.54) is 18.4 Å². The molecule has 42 heavy (non-hydrogen) atoms. The predicted octanol–water partition coefficient (Wildman–Crippen LogP) is 9.24. The summed E-state index contributed by atoms with van der Waals surface area (Å²) in [5, 5.41) is 9.06. The average Bonchev–Trinajstić information content (AvgIpc) is 2.79. The van der Waals surface area contributed by atoms with E-state index in [4.69, 9.17) is 9.84 Å². The first-order chi connectivity index (χ1) is 18.8. The zero-order chi connectivity index (χ0) is 33.2. The van der Waals surface area contributed by atoms with Gasteiger partial charge >= 0.3 is 6.18 Å². The number of nitrogens with zero attached hydrogens (tertiary/aromatic N) is 2. The zero-order valence-corrected chi connectivity index (χ0v) is 29.5. The Morgan fingerprint density at radius 1 is 0.786 bits per heavy atom. The molecule has 0 spiro atoms. The van der Waals surface area contributed by atoms with E-state index in [-0.39, 0.29) is 6.42 Å². The molecule has 0 radical (unpaired) electrons. The molecule has 7 heteroatoms. The van der Waals surface area contributed by atoms with Gasteiger partial charge in [0, 0.05) is 25.2 Å². The highest BCUT2D eigenvalue weighted by atomic mass is 19.4. The molecule has 1 aliphatic heterocycles. The largest absolute Gasteiger partial charge is 0.416 e. The second-order valence-corrected chi connectivity index (χ2v) is 16.4. The van der Waals surface area contributed by atoms with Crippen molar-refractivity contribution < 1.29 is 23.0 Å². The van der Waals surface area contributed by atoms with E-state index in [2.05, 4.69) is 110 Å². The normalized spacial score (nSPS) is 18.4. The highest BCUT2D eigenvalue weighted by Crippen LogP contribution is 2.38. The molecule has 3 unspecified atom stereocenters. The van der Waals surface area contributed by atoms with Gasteiger partial charge in [-0.1, -0.05) is 106 Å². The van der Waals surface area contributed by atoms with E-state index in [0.29, 0.717) is 22.9 Å². The Hall–Kier alpha value is -1.15. The van der Waals surface area contributed by atoms with Crippen LogP contribution in [-0.4, -0.2) is 73.1 Å². The molecule has 0 amide bonds. The van der Waals surface area contributed by atoms with Crippen LogP contribution in [-0.2, 0) is 4.74 Å². The van der Waals surface area contributed by atoms with Crippen LogP contribution in [0.5, 0.6) is 0 Å². The number of halogens is 3. The Kier molecular flexibility index (Phi) is 16.3. The Morgan fingerprint density at radius 2 is 1.24 bits per heavy atom. The molecule has 1 heterocycles. The predicted molar refractivity (Wildman–Crippen MR) is 173 cm³/mol. The van der Waals surface area contributed by atoms with Crippen LogP contribution in [0.1, 0.15) is 114 Å². The monoisotopic (exact) mass is 602 g/mol. The summed E-state index contributed by atoms with van der Waals surface area (Å²) >= 11 is 0. The summed E-state index contributed by atoms with van der Waals surface area (Å²) in [6, 6.07) is 12.0.